The van der Waals surface area contributed by atoms with Crippen LogP contribution in [0, 0.1) is 12.8 Å². The van der Waals surface area contributed by atoms with Crippen molar-refractivity contribution in [2.24, 2.45) is 5.92 Å². The molecule has 4 rings (SSSR count). The Bertz CT molecular complexity index is 963. The average molecular weight is 363 g/mol. The lowest BCUT2D eigenvalue weighted by atomic mass is 10.1. The fourth-order valence-electron chi connectivity index (χ4n) is 3.74. The van der Waals surface area contributed by atoms with Gasteiger partial charge in [-0.25, -0.2) is 4.98 Å². The number of aromatic nitrogens is 1. The molecule has 1 N–H and O–H groups in total. The number of hydrogen-bond donors (Lipinski definition) is 1. The van der Waals surface area contributed by atoms with E-state index in [9.17, 15) is 4.79 Å². The first-order valence-corrected chi connectivity index (χ1v) is 9.59. The van der Waals surface area contributed by atoms with Gasteiger partial charge in [-0.2, -0.15) is 0 Å². The predicted molar refractivity (Wildman–Crippen MR) is 106 cm³/mol. The fourth-order valence-corrected chi connectivity index (χ4v) is 3.74. The number of carbonyl (C=O) groups excluding carboxylic acids is 1. The van der Waals surface area contributed by atoms with E-state index in [-0.39, 0.29) is 11.8 Å². The highest BCUT2D eigenvalue weighted by atomic mass is 16.4. The Morgan fingerprint density at radius 3 is 2.89 bits per heavy atom. The molecule has 5 nitrogen and oxygen atoms in total. The van der Waals surface area contributed by atoms with E-state index in [2.05, 4.69) is 40.5 Å². The van der Waals surface area contributed by atoms with Gasteiger partial charge in [0.1, 0.15) is 5.76 Å². The molecule has 1 aromatic heterocycles. The standard InChI is InChI=1S/C22H25N3O2/c1-3-23-21(26)19-10-11-25(13-19)14-20-15(2)27-22(24-20)18-9-8-16-6-4-5-7-17(16)12-18/h4-9,12,19H,3,10-11,13-14H2,1-2H3,(H,23,26)/t19-/m0/s1. The second-order valence-corrected chi connectivity index (χ2v) is 7.20. The number of aryl methyl sites for hydroxylation is 1. The number of nitrogens with one attached hydrogen (secondary N) is 1. The van der Waals surface area contributed by atoms with E-state index in [0.29, 0.717) is 12.4 Å². The lowest BCUT2D eigenvalue weighted by Gasteiger charge is -2.14. The number of hydrogen-bond acceptors (Lipinski definition) is 4. The molecule has 140 valence electrons. The SMILES string of the molecule is CCNC(=O)[C@H]1CCN(Cc2nc(-c3ccc4ccccc4c3)oc2C)C1. The quantitative estimate of drug-likeness (QED) is 0.750. The normalized spacial score (nSPS) is 17.5. The van der Waals surface area contributed by atoms with Gasteiger partial charge in [-0.1, -0.05) is 30.3 Å². The second kappa shape index (κ2) is 7.53. The first kappa shape index (κ1) is 17.7. The molecular weight excluding hydrogens is 338 g/mol. The zero-order chi connectivity index (χ0) is 18.8. The Morgan fingerprint density at radius 1 is 1.26 bits per heavy atom. The van der Waals surface area contributed by atoms with Crippen LogP contribution in [0.1, 0.15) is 24.8 Å². The molecule has 2 heterocycles. The zero-order valence-corrected chi connectivity index (χ0v) is 15.9. The second-order valence-electron chi connectivity index (χ2n) is 7.20. The van der Waals surface area contributed by atoms with E-state index >= 15 is 0 Å². The molecule has 0 spiro atoms. The molecule has 1 fully saturated rings. The van der Waals surface area contributed by atoms with Crippen LogP contribution in [-0.2, 0) is 11.3 Å². The predicted octanol–water partition coefficient (Wildman–Crippen LogP) is 3.76. The summed E-state index contributed by atoms with van der Waals surface area (Å²) in [5, 5.41) is 5.31. The summed E-state index contributed by atoms with van der Waals surface area (Å²) in [6, 6.07) is 14.5. The van der Waals surface area contributed by atoms with Crippen molar-refractivity contribution in [3.05, 3.63) is 53.9 Å². The van der Waals surface area contributed by atoms with Crippen molar-refractivity contribution in [1.29, 1.82) is 0 Å². The highest BCUT2D eigenvalue weighted by molar-refractivity contribution is 5.86. The number of benzene rings is 2. The summed E-state index contributed by atoms with van der Waals surface area (Å²) in [6.45, 7) is 7.02. The maximum atomic E-state index is 12.0. The van der Waals surface area contributed by atoms with Crippen molar-refractivity contribution in [2.75, 3.05) is 19.6 Å². The number of carbonyl (C=O) groups is 1. The molecule has 1 amide bonds. The number of likely N-dealkylation sites (tertiary alicyclic amines) is 1. The molecule has 0 bridgehead atoms. The molecule has 0 aliphatic carbocycles. The molecular formula is C22H25N3O2. The van der Waals surface area contributed by atoms with E-state index < -0.39 is 0 Å². The minimum atomic E-state index is 0.0807. The van der Waals surface area contributed by atoms with Gasteiger partial charge in [0, 0.05) is 25.2 Å². The number of amides is 1. The largest absolute Gasteiger partial charge is 0.441 e. The number of oxazole rings is 1. The number of nitrogens with zero attached hydrogens (tertiary/aromatic N) is 2. The Hall–Kier alpha value is -2.66. The fraction of sp³-hybridized carbons (Fsp3) is 0.364. The monoisotopic (exact) mass is 363 g/mol. The zero-order valence-electron chi connectivity index (χ0n) is 15.9. The number of rotatable bonds is 5. The smallest absolute Gasteiger partial charge is 0.226 e. The van der Waals surface area contributed by atoms with Crippen LogP contribution in [-0.4, -0.2) is 35.4 Å². The summed E-state index contributed by atoms with van der Waals surface area (Å²) in [4.78, 5) is 19.1. The maximum Gasteiger partial charge on any atom is 0.226 e. The van der Waals surface area contributed by atoms with Gasteiger partial charge in [0.15, 0.2) is 0 Å². The summed E-state index contributed by atoms with van der Waals surface area (Å²) >= 11 is 0. The highest BCUT2D eigenvalue weighted by Gasteiger charge is 2.28. The summed E-state index contributed by atoms with van der Waals surface area (Å²) in [5.41, 5.74) is 1.94. The van der Waals surface area contributed by atoms with Gasteiger partial charge in [0.05, 0.1) is 11.6 Å². The van der Waals surface area contributed by atoms with Crippen molar-refractivity contribution < 1.29 is 9.21 Å². The minimum absolute atomic E-state index is 0.0807. The van der Waals surface area contributed by atoms with Gasteiger partial charge in [-0.3, -0.25) is 9.69 Å². The van der Waals surface area contributed by atoms with E-state index in [1.165, 1.54) is 10.8 Å². The summed E-state index contributed by atoms with van der Waals surface area (Å²) in [6.07, 6.45) is 0.903. The topological polar surface area (TPSA) is 58.4 Å². The highest BCUT2D eigenvalue weighted by Crippen LogP contribution is 2.27. The molecule has 0 unspecified atom stereocenters. The molecule has 1 saturated heterocycles. The maximum absolute atomic E-state index is 12.0. The summed E-state index contributed by atoms with van der Waals surface area (Å²) in [5.74, 6) is 1.75. The molecule has 2 aromatic carbocycles. The lowest BCUT2D eigenvalue weighted by molar-refractivity contribution is -0.124. The molecule has 27 heavy (non-hydrogen) atoms. The Morgan fingerprint density at radius 2 is 2.07 bits per heavy atom. The molecule has 1 atom stereocenters. The molecule has 5 heteroatoms. The van der Waals surface area contributed by atoms with Crippen LogP contribution in [0.25, 0.3) is 22.2 Å². The first-order chi connectivity index (χ1) is 13.1. The van der Waals surface area contributed by atoms with Crippen LogP contribution in [0.2, 0.25) is 0 Å². The van der Waals surface area contributed by atoms with Crippen LogP contribution in [0.4, 0.5) is 0 Å². The molecule has 1 aliphatic heterocycles. The van der Waals surface area contributed by atoms with Gasteiger partial charge in [-0.05, 0) is 49.7 Å². The van der Waals surface area contributed by atoms with Gasteiger partial charge in [-0.15, -0.1) is 0 Å². The number of fused-ring (bicyclic) bond motifs is 1. The van der Waals surface area contributed by atoms with Crippen LogP contribution < -0.4 is 5.32 Å². The van der Waals surface area contributed by atoms with E-state index in [1.54, 1.807) is 0 Å². The van der Waals surface area contributed by atoms with Crippen molar-refractivity contribution in [2.45, 2.75) is 26.8 Å². The third-order valence-electron chi connectivity index (χ3n) is 5.26. The van der Waals surface area contributed by atoms with E-state index in [4.69, 9.17) is 9.40 Å². The van der Waals surface area contributed by atoms with Gasteiger partial charge >= 0.3 is 0 Å². The third-order valence-corrected chi connectivity index (χ3v) is 5.26. The Balaban J connectivity index is 1.49. The van der Waals surface area contributed by atoms with Crippen molar-refractivity contribution in [3.8, 4) is 11.5 Å². The van der Waals surface area contributed by atoms with Crippen molar-refractivity contribution >= 4 is 16.7 Å². The Kier molecular flexibility index (Phi) is 4.94. The lowest BCUT2D eigenvalue weighted by Crippen LogP contribution is -2.32. The summed E-state index contributed by atoms with van der Waals surface area (Å²) in [7, 11) is 0. The van der Waals surface area contributed by atoms with Crippen molar-refractivity contribution in [1.82, 2.24) is 15.2 Å². The minimum Gasteiger partial charge on any atom is -0.441 e. The Labute approximate surface area is 159 Å². The molecule has 0 radical (unpaired) electrons. The van der Waals surface area contributed by atoms with E-state index in [1.807, 2.05) is 26.0 Å². The van der Waals surface area contributed by atoms with Gasteiger partial charge < -0.3 is 9.73 Å². The van der Waals surface area contributed by atoms with Crippen molar-refractivity contribution in [3.63, 3.8) is 0 Å². The third kappa shape index (κ3) is 3.74. The molecule has 1 aliphatic rings. The van der Waals surface area contributed by atoms with Crippen LogP contribution >= 0.6 is 0 Å². The van der Waals surface area contributed by atoms with Gasteiger partial charge in [0.25, 0.3) is 0 Å². The van der Waals surface area contributed by atoms with Crippen LogP contribution in [0.5, 0.6) is 0 Å². The summed E-state index contributed by atoms with van der Waals surface area (Å²) < 4.78 is 5.96. The van der Waals surface area contributed by atoms with Crippen LogP contribution in [0.3, 0.4) is 0 Å². The van der Waals surface area contributed by atoms with Crippen LogP contribution in [0.15, 0.2) is 46.9 Å². The average Bonchev–Trinajstić information content (AvgIpc) is 3.29. The first-order valence-electron chi connectivity index (χ1n) is 9.59. The van der Waals surface area contributed by atoms with Gasteiger partial charge in [0.2, 0.25) is 11.8 Å². The molecule has 0 saturated carbocycles. The molecule has 3 aromatic rings. The van der Waals surface area contributed by atoms with E-state index in [0.717, 1.165) is 43.1 Å².